The third-order valence-corrected chi connectivity index (χ3v) is 5.31. The summed E-state index contributed by atoms with van der Waals surface area (Å²) in [4.78, 5) is 5.32. The van der Waals surface area contributed by atoms with Crippen LogP contribution >= 0.6 is 0 Å². The lowest BCUT2D eigenvalue weighted by Crippen LogP contribution is -2.52. The van der Waals surface area contributed by atoms with E-state index in [2.05, 4.69) is 29.0 Å². The Morgan fingerprint density at radius 2 is 1.55 bits per heavy atom. The summed E-state index contributed by atoms with van der Waals surface area (Å²) in [6, 6.07) is 0. The summed E-state index contributed by atoms with van der Waals surface area (Å²) in [5.41, 5.74) is 0.571. The highest BCUT2D eigenvalue weighted by Gasteiger charge is 2.34. The van der Waals surface area contributed by atoms with Crippen LogP contribution in [0.3, 0.4) is 0 Å². The van der Waals surface area contributed by atoms with Crippen molar-refractivity contribution in [2.24, 2.45) is 5.41 Å². The van der Waals surface area contributed by atoms with E-state index in [0.29, 0.717) is 5.41 Å². The third kappa shape index (κ3) is 4.71. The second kappa shape index (κ2) is 8.35. The Morgan fingerprint density at radius 3 is 2.15 bits per heavy atom. The first kappa shape index (κ1) is 16.3. The van der Waals surface area contributed by atoms with E-state index in [1.165, 1.54) is 90.9 Å². The lowest BCUT2D eigenvalue weighted by Gasteiger charge is -2.44. The van der Waals surface area contributed by atoms with E-state index in [0.717, 1.165) is 0 Å². The van der Waals surface area contributed by atoms with Crippen LogP contribution in [0.1, 0.15) is 52.4 Å². The van der Waals surface area contributed by atoms with Gasteiger partial charge in [-0.1, -0.05) is 33.1 Å². The van der Waals surface area contributed by atoms with E-state index in [4.69, 9.17) is 0 Å². The first-order valence-electron chi connectivity index (χ1n) is 8.93. The van der Waals surface area contributed by atoms with E-state index in [1.807, 2.05) is 0 Å². The monoisotopic (exact) mass is 281 g/mol. The second-order valence-electron chi connectivity index (χ2n) is 6.95. The molecule has 3 nitrogen and oxygen atoms in total. The van der Waals surface area contributed by atoms with Crippen molar-refractivity contribution in [2.45, 2.75) is 52.4 Å². The van der Waals surface area contributed by atoms with Crippen molar-refractivity contribution in [3.05, 3.63) is 0 Å². The first-order chi connectivity index (χ1) is 9.78. The fourth-order valence-electron chi connectivity index (χ4n) is 3.96. The van der Waals surface area contributed by atoms with Gasteiger partial charge < -0.3 is 15.1 Å². The molecule has 1 saturated heterocycles. The van der Waals surface area contributed by atoms with Crippen LogP contribution in [-0.4, -0.2) is 62.2 Å². The Hall–Kier alpha value is -0.120. The van der Waals surface area contributed by atoms with Gasteiger partial charge in [0.15, 0.2) is 0 Å². The third-order valence-electron chi connectivity index (χ3n) is 5.31. The zero-order chi connectivity index (χ0) is 14.3. The van der Waals surface area contributed by atoms with E-state index in [9.17, 15) is 0 Å². The number of nitrogens with zero attached hydrogens (tertiary/aromatic N) is 2. The number of hydrogen-bond donors (Lipinski definition) is 1. The molecule has 0 bridgehead atoms. The molecule has 0 spiro atoms. The van der Waals surface area contributed by atoms with Crippen LogP contribution in [0.25, 0.3) is 0 Å². The molecule has 0 amide bonds. The zero-order valence-corrected chi connectivity index (χ0v) is 13.8. The quantitative estimate of drug-likeness (QED) is 0.724. The molecule has 0 aromatic carbocycles. The highest BCUT2D eigenvalue weighted by molar-refractivity contribution is 4.89. The molecule has 118 valence electrons. The molecule has 2 aliphatic rings. The molecule has 20 heavy (non-hydrogen) atoms. The predicted octanol–water partition coefficient (Wildman–Crippen LogP) is 2.57. The maximum atomic E-state index is 3.72. The summed E-state index contributed by atoms with van der Waals surface area (Å²) < 4.78 is 0. The van der Waals surface area contributed by atoms with Crippen molar-refractivity contribution in [3.63, 3.8) is 0 Å². The molecule has 1 heterocycles. The lowest BCUT2D eigenvalue weighted by atomic mass is 9.73. The van der Waals surface area contributed by atoms with Crippen molar-refractivity contribution < 1.29 is 0 Å². The molecule has 1 N–H and O–H groups in total. The molecule has 2 fully saturated rings. The normalized spacial score (nSPS) is 24.9. The lowest BCUT2D eigenvalue weighted by molar-refractivity contribution is 0.0637. The molecule has 0 atom stereocenters. The van der Waals surface area contributed by atoms with Gasteiger partial charge in [0, 0.05) is 39.3 Å². The van der Waals surface area contributed by atoms with Gasteiger partial charge in [-0.15, -0.1) is 0 Å². The van der Waals surface area contributed by atoms with Crippen molar-refractivity contribution >= 4 is 0 Å². The Balaban J connectivity index is 1.83. The summed E-state index contributed by atoms with van der Waals surface area (Å²) in [5, 5.41) is 3.72. The number of rotatable bonds is 7. The minimum absolute atomic E-state index is 0.571. The van der Waals surface area contributed by atoms with Crippen LogP contribution in [0.4, 0.5) is 0 Å². The van der Waals surface area contributed by atoms with E-state index in [-0.39, 0.29) is 0 Å². The van der Waals surface area contributed by atoms with Crippen molar-refractivity contribution in [2.75, 3.05) is 52.4 Å². The van der Waals surface area contributed by atoms with Crippen LogP contribution < -0.4 is 5.32 Å². The van der Waals surface area contributed by atoms with Crippen molar-refractivity contribution in [1.29, 1.82) is 0 Å². The number of nitrogens with one attached hydrogen (secondary N) is 1. The Kier molecular flexibility index (Phi) is 6.79. The smallest absolute Gasteiger partial charge is 0.0110 e. The maximum Gasteiger partial charge on any atom is 0.0110 e. The molecule has 0 unspecified atom stereocenters. The first-order valence-corrected chi connectivity index (χ1v) is 8.93. The zero-order valence-electron chi connectivity index (χ0n) is 13.8. The van der Waals surface area contributed by atoms with Gasteiger partial charge in [-0.05, 0) is 37.8 Å². The van der Waals surface area contributed by atoms with E-state index in [1.54, 1.807) is 0 Å². The summed E-state index contributed by atoms with van der Waals surface area (Å²) in [7, 11) is 0. The van der Waals surface area contributed by atoms with Gasteiger partial charge in [0.1, 0.15) is 0 Å². The average Bonchev–Trinajstić information content (AvgIpc) is 2.49. The van der Waals surface area contributed by atoms with Crippen LogP contribution in [0.5, 0.6) is 0 Å². The summed E-state index contributed by atoms with van der Waals surface area (Å²) in [6.07, 6.45) is 8.49. The summed E-state index contributed by atoms with van der Waals surface area (Å²) in [6.45, 7) is 14.6. The average molecular weight is 281 g/mol. The molecule has 0 radical (unpaired) electrons. The number of hydrogen-bond acceptors (Lipinski definition) is 3. The standard InChI is InChI=1S/C17H35N3/c1-3-10-18-15-17(8-6-5-7-9-17)16-20-13-11-19(4-2)12-14-20/h18H,3-16H2,1-2H3. The molecular formula is C17H35N3. The van der Waals surface area contributed by atoms with E-state index < -0.39 is 0 Å². The Labute approximate surface area is 126 Å². The fraction of sp³-hybridized carbons (Fsp3) is 1.00. The summed E-state index contributed by atoms with van der Waals surface area (Å²) in [5.74, 6) is 0. The number of piperazine rings is 1. The minimum atomic E-state index is 0.571. The highest BCUT2D eigenvalue weighted by Crippen LogP contribution is 2.36. The van der Waals surface area contributed by atoms with Gasteiger partial charge in [0.25, 0.3) is 0 Å². The van der Waals surface area contributed by atoms with Gasteiger partial charge in [0.2, 0.25) is 0 Å². The minimum Gasteiger partial charge on any atom is -0.316 e. The molecule has 3 heteroatoms. The van der Waals surface area contributed by atoms with Gasteiger partial charge in [-0.25, -0.2) is 0 Å². The fourth-order valence-corrected chi connectivity index (χ4v) is 3.96. The van der Waals surface area contributed by atoms with Crippen molar-refractivity contribution in [3.8, 4) is 0 Å². The molecule has 1 aliphatic carbocycles. The molecule has 0 aromatic heterocycles. The predicted molar refractivity (Wildman–Crippen MR) is 87.2 cm³/mol. The van der Waals surface area contributed by atoms with Crippen LogP contribution in [0.2, 0.25) is 0 Å². The Bertz CT molecular complexity index is 253. The van der Waals surface area contributed by atoms with Gasteiger partial charge in [-0.2, -0.15) is 0 Å². The van der Waals surface area contributed by atoms with Crippen molar-refractivity contribution in [1.82, 2.24) is 15.1 Å². The van der Waals surface area contributed by atoms with Gasteiger partial charge >= 0.3 is 0 Å². The Morgan fingerprint density at radius 1 is 0.900 bits per heavy atom. The number of likely N-dealkylation sites (N-methyl/N-ethyl adjacent to an activating group) is 1. The molecule has 1 aliphatic heterocycles. The van der Waals surface area contributed by atoms with Crippen LogP contribution in [0, 0.1) is 5.41 Å². The molecule has 2 rings (SSSR count). The molecular weight excluding hydrogens is 246 g/mol. The van der Waals surface area contributed by atoms with Crippen LogP contribution in [-0.2, 0) is 0 Å². The SMILES string of the molecule is CCCNCC1(CN2CCN(CC)CC2)CCCCC1. The molecule has 1 saturated carbocycles. The highest BCUT2D eigenvalue weighted by atomic mass is 15.3. The van der Waals surface area contributed by atoms with Crippen LogP contribution in [0.15, 0.2) is 0 Å². The van der Waals surface area contributed by atoms with E-state index >= 15 is 0 Å². The van der Waals surface area contributed by atoms with Gasteiger partial charge in [0.05, 0.1) is 0 Å². The summed E-state index contributed by atoms with van der Waals surface area (Å²) >= 11 is 0. The maximum absolute atomic E-state index is 3.72. The largest absolute Gasteiger partial charge is 0.316 e. The topological polar surface area (TPSA) is 18.5 Å². The van der Waals surface area contributed by atoms with Gasteiger partial charge in [-0.3, -0.25) is 0 Å². The molecule has 0 aromatic rings. The second-order valence-corrected chi connectivity index (χ2v) is 6.95.